The fourth-order valence-electron chi connectivity index (χ4n) is 3.32. The zero-order valence-electron chi connectivity index (χ0n) is 17.6. The lowest BCUT2D eigenvalue weighted by Crippen LogP contribution is -2.38. The molecule has 0 unspecified atom stereocenters. The van der Waals surface area contributed by atoms with Gasteiger partial charge in [-0.15, -0.1) is 0 Å². The molecule has 0 aliphatic heterocycles. The van der Waals surface area contributed by atoms with E-state index in [-0.39, 0.29) is 17.9 Å². The maximum atomic E-state index is 12.0. The third-order valence-corrected chi connectivity index (χ3v) is 5.14. The van der Waals surface area contributed by atoms with Crippen LogP contribution >= 0.6 is 0 Å². The van der Waals surface area contributed by atoms with Crippen LogP contribution in [0.25, 0.3) is 0 Å². The normalized spacial score (nSPS) is 23.0. The van der Waals surface area contributed by atoms with Crippen LogP contribution in [0.3, 0.4) is 0 Å². The van der Waals surface area contributed by atoms with Gasteiger partial charge in [-0.2, -0.15) is 0 Å². The standard InChI is InChI=1S/C21H37N3O4/c1-4-5-6-7-12-18(25)23-15-16-24-20(27)28-17-10-8-13-21(2,14-9-11-17)19(26)22-3/h8,10,17H,4-7,9,11-16H2,1-3H3,(H,22,26)(H,23,25)(H,24,27)/b10-8+/t17-,21+/m0/s1. The quantitative estimate of drug-likeness (QED) is 0.391. The predicted molar refractivity (Wildman–Crippen MR) is 110 cm³/mol. The minimum atomic E-state index is -0.485. The lowest BCUT2D eigenvalue weighted by atomic mass is 9.79. The highest BCUT2D eigenvalue weighted by atomic mass is 16.6. The summed E-state index contributed by atoms with van der Waals surface area (Å²) in [6, 6.07) is 0. The van der Waals surface area contributed by atoms with E-state index >= 15 is 0 Å². The number of rotatable bonds is 10. The summed E-state index contributed by atoms with van der Waals surface area (Å²) in [7, 11) is 1.65. The van der Waals surface area contributed by atoms with Gasteiger partial charge in [0.05, 0.1) is 0 Å². The number of unbranched alkanes of at least 4 members (excludes halogenated alkanes) is 3. The molecule has 0 saturated carbocycles. The van der Waals surface area contributed by atoms with Gasteiger partial charge in [0.1, 0.15) is 6.10 Å². The second-order valence-corrected chi connectivity index (χ2v) is 7.70. The molecule has 0 radical (unpaired) electrons. The van der Waals surface area contributed by atoms with Crippen molar-refractivity contribution >= 4 is 17.9 Å². The maximum absolute atomic E-state index is 12.0. The molecular weight excluding hydrogens is 358 g/mol. The molecule has 28 heavy (non-hydrogen) atoms. The van der Waals surface area contributed by atoms with E-state index in [1.807, 2.05) is 19.1 Å². The summed E-state index contributed by atoms with van der Waals surface area (Å²) in [4.78, 5) is 35.6. The van der Waals surface area contributed by atoms with Crippen LogP contribution in [0, 0.1) is 5.41 Å². The molecule has 3 N–H and O–H groups in total. The number of hydrogen-bond acceptors (Lipinski definition) is 4. The fraction of sp³-hybridized carbons (Fsp3) is 0.762. The second kappa shape index (κ2) is 13.2. The van der Waals surface area contributed by atoms with Gasteiger partial charge >= 0.3 is 6.09 Å². The first kappa shape index (κ1) is 24.0. The summed E-state index contributed by atoms with van der Waals surface area (Å²) in [6.07, 6.45) is 10.7. The molecule has 0 heterocycles. The molecule has 7 nitrogen and oxygen atoms in total. The first-order valence-electron chi connectivity index (χ1n) is 10.5. The Morgan fingerprint density at radius 2 is 1.89 bits per heavy atom. The maximum Gasteiger partial charge on any atom is 0.407 e. The van der Waals surface area contributed by atoms with Gasteiger partial charge in [0.25, 0.3) is 0 Å². The van der Waals surface area contributed by atoms with Crippen LogP contribution in [0.1, 0.15) is 71.6 Å². The van der Waals surface area contributed by atoms with Crippen LogP contribution in [0.15, 0.2) is 12.2 Å². The van der Waals surface area contributed by atoms with Crippen molar-refractivity contribution in [3.63, 3.8) is 0 Å². The van der Waals surface area contributed by atoms with E-state index in [4.69, 9.17) is 4.74 Å². The number of carbonyl (C=O) groups is 3. The lowest BCUT2D eigenvalue weighted by Gasteiger charge is -2.29. The summed E-state index contributed by atoms with van der Waals surface area (Å²) >= 11 is 0. The number of nitrogens with one attached hydrogen (secondary N) is 3. The zero-order chi connectivity index (χ0) is 20.8. The molecule has 0 spiro atoms. The summed E-state index contributed by atoms with van der Waals surface area (Å²) in [6.45, 7) is 4.83. The number of amides is 3. The number of hydrogen-bond donors (Lipinski definition) is 3. The van der Waals surface area contributed by atoms with Gasteiger partial charge < -0.3 is 20.7 Å². The Kier molecular flexibility index (Phi) is 11.3. The topological polar surface area (TPSA) is 96.5 Å². The van der Waals surface area contributed by atoms with E-state index in [0.717, 1.165) is 38.5 Å². The molecule has 1 rings (SSSR count). The Morgan fingerprint density at radius 3 is 2.61 bits per heavy atom. The first-order valence-corrected chi connectivity index (χ1v) is 10.5. The zero-order valence-corrected chi connectivity index (χ0v) is 17.6. The van der Waals surface area contributed by atoms with Gasteiger partial charge in [0.15, 0.2) is 0 Å². The van der Waals surface area contributed by atoms with Crippen molar-refractivity contribution in [3.8, 4) is 0 Å². The predicted octanol–water partition coefficient (Wildman–Crippen LogP) is 3.05. The molecule has 0 bridgehead atoms. The molecule has 0 aromatic carbocycles. The van der Waals surface area contributed by atoms with Crippen LogP contribution in [0.5, 0.6) is 0 Å². The number of alkyl carbamates (subject to hydrolysis) is 1. The Hall–Kier alpha value is -2.05. The largest absolute Gasteiger partial charge is 0.442 e. The monoisotopic (exact) mass is 395 g/mol. The molecule has 0 fully saturated rings. The van der Waals surface area contributed by atoms with Crippen LogP contribution in [-0.4, -0.2) is 44.1 Å². The molecule has 7 heteroatoms. The van der Waals surface area contributed by atoms with Crippen molar-refractivity contribution < 1.29 is 19.1 Å². The minimum absolute atomic E-state index is 0.0217. The Balaban J connectivity index is 2.23. The van der Waals surface area contributed by atoms with Crippen molar-refractivity contribution in [2.24, 2.45) is 5.41 Å². The molecule has 0 saturated heterocycles. The second-order valence-electron chi connectivity index (χ2n) is 7.70. The van der Waals surface area contributed by atoms with Crippen molar-refractivity contribution in [2.45, 2.75) is 77.7 Å². The molecule has 1 aliphatic carbocycles. The van der Waals surface area contributed by atoms with E-state index in [0.29, 0.717) is 32.4 Å². The fourth-order valence-corrected chi connectivity index (χ4v) is 3.32. The van der Waals surface area contributed by atoms with Crippen LogP contribution in [0.2, 0.25) is 0 Å². The van der Waals surface area contributed by atoms with Crippen LogP contribution < -0.4 is 16.0 Å². The van der Waals surface area contributed by atoms with Crippen LogP contribution in [0.4, 0.5) is 4.79 Å². The van der Waals surface area contributed by atoms with Gasteiger partial charge in [-0.3, -0.25) is 9.59 Å². The summed E-state index contributed by atoms with van der Waals surface area (Å²) < 4.78 is 5.43. The minimum Gasteiger partial charge on any atom is -0.442 e. The van der Waals surface area contributed by atoms with Crippen molar-refractivity contribution in [1.29, 1.82) is 0 Å². The smallest absolute Gasteiger partial charge is 0.407 e. The van der Waals surface area contributed by atoms with Gasteiger partial charge in [-0.1, -0.05) is 39.2 Å². The Morgan fingerprint density at radius 1 is 1.14 bits per heavy atom. The van der Waals surface area contributed by atoms with Crippen LogP contribution in [-0.2, 0) is 14.3 Å². The third kappa shape index (κ3) is 9.24. The van der Waals surface area contributed by atoms with E-state index in [1.165, 1.54) is 0 Å². The van der Waals surface area contributed by atoms with E-state index in [2.05, 4.69) is 22.9 Å². The molecule has 1 aliphatic rings. The Bertz CT molecular complexity index is 536. The first-order chi connectivity index (χ1) is 13.4. The molecule has 0 aromatic rings. The molecule has 2 atom stereocenters. The van der Waals surface area contributed by atoms with E-state index < -0.39 is 11.5 Å². The van der Waals surface area contributed by atoms with Crippen molar-refractivity contribution in [3.05, 3.63) is 12.2 Å². The lowest BCUT2D eigenvalue weighted by molar-refractivity contribution is -0.130. The van der Waals surface area contributed by atoms with Gasteiger partial charge in [-0.05, 0) is 38.2 Å². The number of allylic oxidation sites excluding steroid dienone is 1. The van der Waals surface area contributed by atoms with E-state index in [9.17, 15) is 14.4 Å². The molecule has 0 aromatic heterocycles. The van der Waals surface area contributed by atoms with E-state index in [1.54, 1.807) is 7.05 Å². The van der Waals surface area contributed by atoms with Gasteiger partial charge in [0, 0.05) is 32.0 Å². The number of ether oxygens (including phenoxy) is 1. The van der Waals surface area contributed by atoms with Gasteiger partial charge in [-0.25, -0.2) is 4.79 Å². The average molecular weight is 396 g/mol. The third-order valence-electron chi connectivity index (χ3n) is 5.14. The van der Waals surface area contributed by atoms with Crippen molar-refractivity contribution in [1.82, 2.24) is 16.0 Å². The highest BCUT2D eigenvalue weighted by Gasteiger charge is 2.32. The molecule has 3 amide bonds. The average Bonchev–Trinajstić information content (AvgIpc) is 2.66. The Labute approximate surface area is 169 Å². The molecular formula is C21H37N3O4. The summed E-state index contributed by atoms with van der Waals surface area (Å²) in [5, 5.41) is 8.19. The highest BCUT2D eigenvalue weighted by molar-refractivity contribution is 5.82. The SMILES string of the molecule is CCCCCCC(=O)NCCNC(=O)O[C@H]1/C=C/C[C@@](C)(C(=O)NC)CCC1. The number of carbonyl (C=O) groups excluding carboxylic acids is 3. The summed E-state index contributed by atoms with van der Waals surface area (Å²) in [5.41, 5.74) is -0.409. The van der Waals surface area contributed by atoms with Gasteiger partial charge in [0.2, 0.25) is 11.8 Å². The highest BCUT2D eigenvalue weighted by Crippen LogP contribution is 2.31. The van der Waals surface area contributed by atoms with Crippen molar-refractivity contribution in [2.75, 3.05) is 20.1 Å². The summed E-state index contributed by atoms with van der Waals surface area (Å²) in [5.74, 6) is 0.0649. The molecule has 160 valence electrons.